The molecule has 3 amide bonds. The van der Waals surface area contributed by atoms with Crippen LogP contribution in [0, 0.1) is 0 Å². The van der Waals surface area contributed by atoms with Gasteiger partial charge in [-0.2, -0.15) is 0 Å². The molecular formula is C15H21N3O2. The molecular weight excluding hydrogens is 254 g/mol. The van der Waals surface area contributed by atoms with Gasteiger partial charge in [-0.05, 0) is 26.0 Å². The highest BCUT2D eigenvalue weighted by Gasteiger charge is 2.32. The van der Waals surface area contributed by atoms with Crippen LogP contribution in [0.2, 0.25) is 0 Å². The molecule has 0 saturated carbocycles. The Morgan fingerprint density at radius 3 is 2.55 bits per heavy atom. The zero-order valence-corrected chi connectivity index (χ0v) is 12.0. The first-order chi connectivity index (χ1) is 9.65. The number of nitrogens with one attached hydrogen (secondary N) is 1. The van der Waals surface area contributed by atoms with E-state index in [1.165, 1.54) is 0 Å². The number of para-hydroxylation sites is 1. The number of urea groups is 1. The van der Waals surface area contributed by atoms with Crippen LogP contribution in [-0.4, -0.2) is 42.5 Å². The first-order valence-corrected chi connectivity index (χ1v) is 7.06. The minimum Gasteiger partial charge on any atom is -0.333 e. The molecule has 1 aliphatic rings. The van der Waals surface area contributed by atoms with E-state index >= 15 is 0 Å². The van der Waals surface area contributed by atoms with E-state index in [-0.39, 0.29) is 18.0 Å². The molecule has 5 nitrogen and oxygen atoms in total. The number of nitrogens with zero attached hydrogens (tertiary/aromatic N) is 2. The fourth-order valence-corrected chi connectivity index (χ4v) is 2.44. The lowest BCUT2D eigenvalue weighted by molar-refractivity contribution is -0.117. The molecule has 108 valence electrons. The van der Waals surface area contributed by atoms with Crippen molar-refractivity contribution in [1.29, 1.82) is 0 Å². The van der Waals surface area contributed by atoms with Crippen molar-refractivity contribution in [1.82, 2.24) is 10.2 Å². The molecule has 0 spiro atoms. The number of anilines is 1. The maximum Gasteiger partial charge on any atom is 0.317 e. The average molecular weight is 275 g/mol. The molecule has 1 heterocycles. The Bertz CT molecular complexity index is 471. The number of hydrogen-bond acceptors (Lipinski definition) is 2. The van der Waals surface area contributed by atoms with Crippen LogP contribution in [0.1, 0.15) is 20.3 Å². The molecule has 1 N–H and O–H groups in total. The standard InChI is InChI=1S/C15H21N3O2/c1-3-17(4-2)15(20)16-12-10-14(19)18(11-12)13-8-6-5-7-9-13/h5-9,12H,3-4,10-11H2,1-2H3,(H,16,20)/t12-/m1/s1. The maximum atomic E-state index is 12.0. The summed E-state index contributed by atoms with van der Waals surface area (Å²) in [7, 11) is 0. The third kappa shape index (κ3) is 3.10. The van der Waals surface area contributed by atoms with Gasteiger partial charge in [0, 0.05) is 31.7 Å². The van der Waals surface area contributed by atoms with E-state index in [0.717, 1.165) is 5.69 Å². The number of benzene rings is 1. The molecule has 1 fully saturated rings. The van der Waals surface area contributed by atoms with E-state index in [2.05, 4.69) is 5.32 Å². The lowest BCUT2D eigenvalue weighted by Crippen LogP contribution is -2.45. The summed E-state index contributed by atoms with van der Waals surface area (Å²) in [5.74, 6) is 0.0565. The van der Waals surface area contributed by atoms with Crippen molar-refractivity contribution in [2.45, 2.75) is 26.3 Å². The Labute approximate surface area is 119 Å². The largest absolute Gasteiger partial charge is 0.333 e. The van der Waals surface area contributed by atoms with Gasteiger partial charge in [0.2, 0.25) is 5.91 Å². The van der Waals surface area contributed by atoms with Gasteiger partial charge in [-0.25, -0.2) is 4.79 Å². The predicted molar refractivity (Wildman–Crippen MR) is 78.7 cm³/mol. The van der Waals surface area contributed by atoms with Gasteiger partial charge in [0.1, 0.15) is 0 Å². The summed E-state index contributed by atoms with van der Waals surface area (Å²) in [4.78, 5) is 27.5. The summed E-state index contributed by atoms with van der Waals surface area (Å²) >= 11 is 0. The molecule has 0 unspecified atom stereocenters. The molecule has 0 radical (unpaired) electrons. The van der Waals surface area contributed by atoms with E-state index in [1.807, 2.05) is 44.2 Å². The Morgan fingerprint density at radius 1 is 1.30 bits per heavy atom. The monoisotopic (exact) mass is 275 g/mol. The van der Waals surface area contributed by atoms with E-state index < -0.39 is 0 Å². The van der Waals surface area contributed by atoms with Crippen molar-refractivity contribution >= 4 is 17.6 Å². The van der Waals surface area contributed by atoms with E-state index in [1.54, 1.807) is 9.80 Å². The van der Waals surface area contributed by atoms with Gasteiger partial charge in [-0.15, -0.1) is 0 Å². The van der Waals surface area contributed by atoms with Crippen LogP contribution in [0.5, 0.6) is 0 Å². The van der Waals surface area contributed by atoms with Crippen molar-refractivity contribution in [3.8, 4) is 0 Å². The summed E-state index contributed by atoms with van der Waals surface area (Å²) in [5, 5.41) is 2.94. The van der Waals surface area contributed by atoms with Crippen molar-refractivity contribution in [3.05, 3.63) is 30.3 Å². The fraction of sp³-hybridized carbons (Fsp3) is 0.467. The van der Waals surface area contributed by atoms with E-state index in [9.17, 15) is 9.59 Å². The van der Waals surface area contributed by atoms with Crippen molar-refractivity contribution in [3.63, 3.8) is 0 Å². The second-order valence-electron chi connectivity index (χ2n) is 4.86. The Hall–Kier alpha value is -2.04. The van der Waals surface area contributed by atoms with Gasteiger partial charge in [-0.3, -0.25) is 4.79 Å². The van der Waals surface area contributed by atoms with Gasteiger partial charge < -0.3 is 15.1 Å². The summed E-state index contributed by atoms with van der Waals surface area (Å²) in [6, 6.07) is 9.34. The lowest BCUT2D eigenvalue weighted by atomic mass is 10.2. The van der Waals surface area contributed by atoms with Crippen LogP contribution >= 0.6 is 0 Å². The highest BCUT2D eigenvalue weighted by Crippen LogP contribution is 2.21. The lowest BCUT2D eigenvalue weighted by Gasteiger charge is -2.22. The summed E-state index contributed by atoms with van der Waals surface area (Å²) < 4.78 is 0. The summed E-state index contributed by atoms with van der Waals surface area (Å²) in [6.45, 7) is 5.77. The van der Waals surface area contributed by atoms with Gasteiger partial charge in [0.25, 0.3) is 0 Å². The third-order valence-electron chi connectivity index (χ3n) is 3.57. The molecule has 1 saturated heterocycles. The molecule has 0 bridgehead atoms. The molecule has 1 aliphatic heterocycles. The fourth-order valence-electron chi connectivity index (χ4n) is 2.44. The molecule has 1 aromatic rings. The highest BCUT2D eigenvalue weighted by atomic mass is 16.2. The van der Waals surface area contributed by atoms with Gasteiger partial charge in [0.15, 0.2) is 0 Å². The van der Waals surface area contributed by atoms with Gasteiger partial charge in [-0.1, -0.05) is 18.2 Å². The molecule has 1 aromatic carbocycles. The zero-order chi connectivity index (χ0) is 14.5. The van der Waals surface area contributed by atoms with Crippen LogP contribution in [0.3, 0.4) is 0 Å². The third-order valence-corrected chi connectivity index (χ3v) is 3.57. The first-order valence-electron chi connectivity index (χ1n) is 7.06. The average Bonchev–Trinajstić information content (AvgIpc) is 2.82. The Morgan fingerprint density at radius 2 is 1.95 bits per heavy atom. The normalized spacial score (nSPS) is 18.2. The van der Waals surface area contributed by atoms with E-state index in [0.29, 0.717) is 26.1 Å². The van der Waals surface area contributed by atoms with E-state index in [4.69, 9.17) is 0 Å². The Balaban J connectivity index is 1.97. The molecule has 0 aliphatic carbocycles. The van der Waals surface area contributed by atoms with Crippen molar-refractivity contribution in [2.24, 2.45) is 0 Å². The number of rotatable bonds is 4. The summed E-state index contributed by atoms with van der Waals surface area (Å²) in [5.41, 5.74) is 0.886. The zero-order valence-electron chi connectivity index (χ0n) is 12.0. The second kappa shape index (κ2) is 6.41. The molecule has 2 rings (SSSR count). The SMILES string of the molecule is CCN(CC)C(=O)N[C@@H]1CC(=O)N(c2ccccc2)C1. The van der Waals surface area contributed by atoms with Gasteiger partial charge >= 0.3 is 6.03 Å². The number of hydrogen-bond donors (Lipinski definition) is 1. The number of carbonyl (C=O) groups excluding carboxylic acids is 2. The number of carbonyl (C=O) groups is 2. The maximum absolute atomic E-state index is 12.0. The van der Waals surface area contributed by atoms with Crippen molar-refractivity contribution in [2.75, 3.05) is 24.5 Å². The van der Waals surface area contributed by atoms with Crippen LogP contribution in [0.4, 0.5) is 10.5 Å². The minimum atomic E-state index is -0.115. The second-order valence-corrected chi connectivity index (χ2v) is 4.86. The quantitative estimate of drug-likeness (QED) is 0.911. The molecule has 1 atom stereocenters. The minimum absolute atomic E-state index is 0.0565. The number of amides is 3. The highest BCUT2D eigenvalue weighted by molar-refractivity contribution is 5.96. The molecule has 0 aromatic heterocycles. The first kappa shape index (κ1) is 14.4. The van der Waals surface area contributed by atoms with Crippen LogP contribution < -0.4 is 10.2 Å². The van der Waals surface area contributed by atoms with Crippen LogP contribution in [0.25, 0.3) is 0 Å². The van der Waals surface area contributed by atoms with Crippen LogP contribution in [0.15, 0.2) is 30.3 Å². The van der Waals surface area contributed by atoms with Crippen molar-refractivity contribution < 1.29 is 9.59 Å². The van der Waals surface area contributed by atoms with Crippen LogP contribution in [-0.2, 0) is 4.79 Å². The summed E-state index contributed by atoms with van der Waals surface area (Å²) in [6.07, 6.45) is 0.363. The van der Waals surface area contributed by atoms with Gasteiger partial charge in [0.05, 0.1) is 6.04 Å². The molecule has 20 heavy (non-hydrogen) atoms. The Kier molecular flexibility index (Phi) is 4.61. The predicted octanol–water partition coefficient (Wildman–Crippen LogP) is 1.84. The topological polar surface area (TPSA) is 52.7 Å². The smallest absolute Gasteiger partial charge is 0.317 e. The molecule has 5 heteroatoms.